The Balaban J connectivity index is 1.50. The molecular weight excluding hydrogens is 516 g/mol. The standard InChI is InChI=1S/C30H28N2O8/c1-36-28(33)20-13-15-23(16-14-20)39-17-8-18-40-24-12-7-9-21(19-24)26-25(29(34)37-2)27(30(35)38-3)32(31-26)22-10-5-4-6-11-22/h4-7,9-16,19H,8,17-18H2,1-3H3. The predicted octanol–water partition coefficient (Wildman–Crippen LogP) is 4.75. The molecule has 0 aliphatic rings. The summed E-state index contributed by atoms with van der Waals surface area (Å²) in [5, 5.41) is 4.61. The zero-order chi connectivity index (χ0) is 28.5. The topological polar surface area (TPSA) is 115 Å². The maximum atomic E-state index is 12.9. The van der Waals surface area contributed by atoms with Gasteiger partial charge >= 0.3 is 17.9 Å². The minimum Gasteiger partial charge on any atom is -0.493 e. The van der Waals surface area contributed by atoms with Crippen LogP contribution in [-0.4, -0.2) is 62.2 Å². The van der Waals surface area contributed by atoms with Crippen molar-refractivity contribution < 1.29 is 38.1 Å². The molecule has 0 atom stereocenters. The van der Waals surface area contributed by atoms with Gasteiger partial charge in [-0.05, 0) is 48.5 Å². The normalized spacial score (nSPS) is 10.5. The summed E-state index contributed by atoms with van der Waals surface area (Å²) in [6.45, 7) is 0.757. The van der Waals surface area contributed by atoms with E-state index in [9.17, 15) is 14.4 Å². The first-order valence-corrected chi connectivity index (χ1v) is 12.4. The zero-order valence-corrected chi connectivity index (χ0v) is 22.3. The van der Waals surface area contributed by atoms with Crippen molar-refractivity contribution in [1.29, 1.82) is 0 Å². The lowest BCUT2D eigenvalue weighted by Crippen LogP contribution is -2.15. The summed E-state index contributed by atoms with van der Waals surface area (Å²) in [5.74, 6) is -0.685. The minimum absolute atomic E-state index is 0.0121. The number of benzene rings is 3. The van der Waals surface area contributed by atoms with Gasteiger partial charge in [0.2, 0.25) is 0 Å². The summed E-state index contributed by atoms with van der Waals surface area (Å²) in [6, 6.07) is 22.7. The van der Waals surface area contributed by atoms with Crippen molar-refractivity contribution in [3.05, 3.63) is 95.7 Å². The van der Waals surface area contributed by atoms with E-state index in [1.54, 1.807) is 72.8 Å². The van der Waals surface area contributed by atoms with Gasteiger partial charge in [0, 0.05) is 12.0 Å². The van der Waals surface area contributed by atoms with Gasteiger partial charge in [-0.15, -0.1) is 0 Å². The van der Waals surface area contributed by atoms with E-state index < -0.39 is 17.9 Å². The van der Waals surface area contributed by atoms with Crippen molar-refractivity contribution in [2.45, 2.75) is 6.42 Å². The molecule has 0 radical (unpaired) electrons. The van der Waals surface area contributed by atoms with E-state index in [4.69, 9.17) is 18.9 Å². The third-order valence-corrected chi connectivity index (χ3v) is 5.86. The molecule has 3 aromatic carbocycles. The van der Waals surface area contributed by atoms with Crippen molar-refractivity contribution in [1.82, 2.24) is 9.78 Å². The highest BCUT2D eigenvalue weighted by molar-refractivity contribution is 6.06. The van der Waals surface area contributed by atoms with Gasteiger partial charge in [0.15, 0.2) is 5.69 Å². The molecule has 0 saturated heterocycles. The third-order valence-electron chi connectivity index (χ3n) is 5.86. The number of nitrogens with zero attached hydrogens (tertiary/aromatic N) is 2. The SMILES string of the molecule is COC(=O)c1ccc(OCCCOc2cccc(-c3nn(-c4ccccc4)c(C(=O)OC)c3C(=O)OC)c2)cc1. The van der Waals surface area contributed by atoms with Crippen LogP contribution in [0.1, 0.15) is 37.6 Å². The molecule has 0 saturated carbocycles. The summed E-state index contributed by atoms with van der Waals surface area (Å²) < 4.78 is 27.6. The van der Waals surface area contributed by atoms with Gasteiger partial charge in [0.25, 0.3) is 0 Å². The van der Waals surface area contributed by atoms with Crippen LogP contribution >= 0.6 is 0 Å². The van der Waals surface area contributed by atoms with Crippen molar-refractivity contribution in [3.8, 4) is 28.4 Å². The molecule has 0 spiro atoms. The summed E-state index contributed by atoms with van der Waals surface area (Å²) in [4.78, 5) is 37.2. The second kappa shape index (κ2) is 13.1. The van der Waals surface area contributed by atoms with E-state index in [1.807, 2.05) is 6.07 Å². The lowest BCUT2D eigenvalue weighted by molar-refractivity contribution is 0.0549. The highest BCUT2D eigenvalue weighted by Gasteiger charge is 2.31. The molecule has 0 bridgehead atoms. The molecule has 0 aliphatic heterocycles. The Morgan fingerprint density at radius 3 is 2.00 bits per heavy atom. The number of para-hydroxylation sites is 1. The number of carbonyl (C=O) groups is 3. The van der Waals surface area contributed by atoms with Crippen LogP contribution in [0.2, 0.25) is 0 Å². The molecule has 0 amide bonds. The molecule has 206 valence electrons. The van der Waals surface area contributed by atoms with Crippen LogP contribution in [0, 0.1) is 0 Å². The Hall–Kier alpha value is -5.12. The lowest BCUT2D eigenvalue weighted by Gasteiger charge is -2.09. The Morgan fingerprint density at radius 2 is 1.35 bits per heavy atom. The molecule has 0 N–H and O–H groups in total. The molecule has 4 rings (SSSR count). The van der Waals surface area contributed by atoms with E-state index >= 15 is 0 Å². The molecule has 0 unspecified atom stereocenters. The fourth-order valence-electron chi connectivity index (χ4n) is 3.93. The summed E-state index contributed by atoms with van der Waals surface area (Å²) >= 11 is 0. The number of rotatable bonds is 11. The highest BCUT2D eigenvalue weighted by atomic mass is 16.5. The van der Waals surface area contributed by atoms with E-state index in [-0.39, 0.29) is 17.0 Å². The Bertz CT molecular complexity index is 1480. The maximum absolute atomic E-state index is 12.9. The molecule has 1 aromatic heterocycles. The average molecular weight is 545 g/mol. The summed E-state index contributed by atoms with van der Waals surface area (Å²) in [6.07, 6.45) is 0.589. The van der Waals surface area contributed by atoms with Crippen molar-refractivity contribution in [2.75, 3.05) is 34.5 Å². The number of aromatic nitrogens is 2. The third kappa shape index (κ3) is 6.29. The van der Waals surface area contributed by atoms with E-state index in [0.717, 1.165) is 0 Å². The smallest absolute Gasteiger partial charge is 0.357 e. The lowest BCUT2D eigenvalue weighted by atomic mass is 10.1. The van der Waals surface area contributed by atoms with Crippen LogP contribution in [0.3, 0.4) is 0 Å². The van der Waals surface area contributed by atoms with Crippen LogP contribution in [0.15, 0.2) is 78.9 Å². The number of methoxy groups -OCH3 is 3. The molecule has 1 heterocycles. The number of carbonyl (C=O) groups excluding carboxylic acids is 3. The highest BCUT2D eigenvalue weighted by Crippen LogP contribution is 2.31. The van der Waals surface area contributed by atoms with E-state index in [2.05, 4.69) is 9.84 Å². The number of hydrogen-bond donors (Lipinski definition) is 0. The fraction of sp³-hybridized carbons (Fsp3) is 0.200. The number of ether oxygens (including phenoxy) is 5. The second-order valence-corrected chi connectivity index (χ2v) is 8.40. The van der Waals surface area contributed by atoms with Crippen molar-refractivity contribution in [3.63, 3.8) is 0 Å². The molecule has 10 heteroatoms. The van der Waals surface area contributed by atoms with E-state index in [0.29, 0.717) is 47.9 Å². The Kier molecular flexibility index (Phi) is 9.14. The predicted molar refractivity (Wildman–Crippen MR) is 145 cm³/mol. The maximum Gasteiger partial charge on any atom is 0.357 e. The van der Waals surface area contributed by atoms with Gasteiger partial charge < -0.3 is 23.7 Å². The van der Waals surface area contributed by atoms with Gasteiger partial charge in [-0.3, -0.25) is 0 Å². The van der Waals surface area contributed by atoms with Gasteiger partial charge in [0.05, 0.1) is 45.8 Å². The molecule has 4 aromatic rings. The van der Waals surface area contributed by atoms with Crippen LogP contribution in [0.4, 0.5) is 0 Å². The van der Waals surface area contributed by atoms with Crippen LogP contribution in [0.25, 0.3) is 16.9 Å². The zero-order valence-electron chi connectivity index (χ0n) is 22.3. The molecule has 0 aliphatic carbocycles. The summed E-state index contributed by atoms with van der Waals surface area (Å²) in [7, 11) is 3.81. The van der Waals surface area contributed by atoms with E-state index in [1.165, 1.54) is 26.0 Å². The number of esters is 3. The van der Waals surface area contributed by atoms with Crippen LogP contribution in [-0.2, 0) is 14.2 Å². The monoisotopic (exact) mass is 544 g/mol. The number of hydrogen-bond acceptors (Lipinski definition) is 9. The van der Waals surface area contributed by atoms with Crippen molar-refractivity contribution in [2.24, 2.45) is 0 Å². The quantitative estimate of drug-likeness (QED) is 0.150. The summed E-state index contributed by atoms with van der Waals surface area (Å²) in [5.41, 5.74) is 1.77. The Labute approximate surface area is 231 Å². The first-order valence-electron chi connectivity index (χ1n) is 12.4. The van der Waals surface area contributed by atoms with Gasteiger partial charge in [-0.1, -0.05) is 30.3 Å². The van der Waals surface area contributed by atoms with Crippen molar-refractivity contribution >= 4 is 17.9 Å². The molecular formula is C30H28N2O8. The Morgan fingerprint density at radius 1 is 0.700 bits per heavy atom. The van der Waals surface area contributed by atoms with Gasteiger partial charge in [-0.25, -0.2) is 19.1 Å². The van der Waals surface area contributed by atoms with Gasteiger partial charge in [-0.2, -0.15) is 5.10 Å². The first kappa shape index (κ1) is 27.9. The molecule has 40 heavy (non-hydrogen) atoms. The van der Waals surface area contributed by atoms with Crippen LogP contribution < -0.4 is 9.47 Å². The second-order valence-electron chi connectivity index (χ2n) is 8.40. The molecule has 10 nitrogen and oxygen atoms in total. The first-order chi connectivity index (χ1) is 19.5. The minimum atomic E-state index is -0.727. The fourth-order valence-corrected chi connectivity index (χ4v) is 3.93. The van der Waals surface area contributed by atoms with Gasteiger partial charge in [0.1, 0.15) is 22.8 Å². The molecule has 0 fully saturated rings. The largest absolute Gasteiger partial charge is 0.493 e. The average Bonchev–Trinajstić information content (AvgIpc) is 3.41. The van der Waals surface area contributed by atoms with Crippen LogP contribution in [0.5, 0.6) is 11.5 Å².